The van der Waals surface area contributed by atoms with Gasteiger partial charge in [-0.2, -0.15) is 0 Å². The molecule has 0 fully saturated rings. The molecule has 2 rings (SSSR count). The van der Waals surface area contributed by atoms with Crippen molar-refractivity contribution in [3.8, 4) is 5.75 Å². The Labute approximate surface area is 91.4 Å². The predicted octanol–water partition coefficient (Wildman–Crippen LogP) is 2.59. The maximum Gasteiger partial charge on any atom is 0.128 e. The largest absolute Gasteiger partial charge is 0.487 e. The Hall–Kier alpha value is -1.02. The number of hydrogen-bond acceptors (Lipinski definition) is 2. The van der Waals surface area contributed by atoms with Crippen molar-refractivity contribution in [2.24, 2.45) is 5.73 Å². The lowest BCUT2D eigenvalue weighted by molar-refractivity contribution is 0.136. The van der Waals surface area contributed by atoms with E-state index in [1.165, 1.54) is 5.56 Å². The van der Waals surface area contributed by atoms with Crippen molar-refractivity contribution in [3.63, 3.8) is 0 Å². The lowest BCUT2D eigenvalue weighted by atomic mass is 9.92. The van der Waals surface area contributed by atoms with E-state index in [0.717, 1.165) is 17.7 Å². The van der Waals surface area contributed by atoms with Gasteiger partial charge in [-0.25, -0.2) is 0 Å². The molecule has 0 spiro atoms. The van der Waals surface area contributed by atoms with Crippen molar-refractivity contribution in [2.45, 2.75) is 45.3 Å². The first-order valence-electron chi connectivity index (χ1n) is 5.40. The van der Waals surface area contributed by atoms with Crippen molar-refractivity contribution in [1.82, 2.24) is 0 Å². The second-order valence-electron chi connectivity index (χ2n) is 5.55. The monoisotopic (exact) mass is 205 g/mol. The molecular weight excluding hydrogens is 186 g/mol. The molecular formula is C13H19NO. The van der Waals surface area contributed by atoms with Crippen LogP contribution < -0.4 is 10.5 Å². The summed E-state index contributed by atoms with van der Waals surface area (Å²) in [6.07, 6.45) is 0.965. The van der Waals surface area contributed by atoms with E-state index >= 15 is 0 Å². The molecule has 0 atom stereocenters. The maximum absolute atomic E-state index is 6.14. The van der Waals surface area contributed by atoms with Crippen LogP contribution in [0.4, 0.5) is 0 Å². The third-order valence-corrected chi connectivity index (χ3v) is 2.79. The van der Waals surface area contributed by atoms with Crippen LogP contribution in [0.1, 0.15) is 38.8 Å². The standard InChI is InChI=1S/C13H19NO/c1-12(2)8-9-6-5-7-10(11(9)15-12)13(3,4)14/h5-7H,8,14H2,1-4H3. The number of hydrogen-bond donors (Lipinski definition) is 1. The first-order valence-corrected chi connectivity index (χ1v) is 5.40. The average Bonchev–Trinajstić information content (AvgIpc) is 2.35. The quantitative estimate of drug-likeness (QED) is 0.764. The molecule has 2 heteroatoms. The minimum Gasteiger partial charge on any atom is -0.487 e. The molecule has 1 aromatic carbocycles. The van der Waals surface area contributed by atoms with Crippen LogP contribution in [0.2, 0.25) is 0 Å². The molecule has 0 saturated carbocycles. The average molecular weight is 205 g/mol. The van der Waals surface area contributed by atoms with Gasteiger partial charge in [0.25, 0.3) is 0 Å². The Morgan fingerprint density at radius 1 is 1.33 bits per heavy atom. The predicted molar refractivity (Wildman–Crippen MR) is 62.1 cm³/mol. The molecule has 0 aromatic heterocycles. The summed E-state index contributed by atoms with van der Waals surface area (Å²) in [6, 6.07) is 6.24. The van der Waals surface area contributed by atoms with Crippen LogP contribution in [-0.4, -0.2) is 5.60 Å². The van der Waals surface area contributed by atoms with Crippen LogP contribution >= 0.6 is 0 Å². The van der Waals surface area contributed by atoms with Gasteiger partial charge in [0.05, 0.1) is 0 Å². The number of benzene rings is 1. The van der Waals surface area contributed by atoms with Gasteiger partial charge in [0, 0.05) is 17.5 Å². The Morgan fingerprint density at radius 2 is 2.00 bits per heavy atom. The van der Waals surface area contributed by atoms with Gasteiger partial charge in [-0.3, -0.25) is 0 Å². The zero-order chi connectivity index (χ0) is 11.3. The number of fused-ring (bicyclic) bond motifs is 1. The van der Waals surface area contributed by atoms with Crippen LogP contribution in [0.5, 0.6) is 5.75 Å². The lowest BCUT2D eigenvalue weighted by Crippen LogP contribution is -2.30. The minimum atomic E-state index is -0.342. The van der Waals surface area contributed by atoms with Gasteiger partial charge in [-0.15, -0.1) is 0 Å². The summed E-state index contributed by atoms with van der Waals surface area (Å²) in [7, 11) is 0. The van der Waals surface area contributed by atoms with E-state index in [0.29, 0.717) is 0 Å². The van der Waals surface area contributed by atoms with E-state index in [1.54, 1.807) is 0 Å². The van der Waals surface area contributed by atoms with E-state index in [2.05, 4.69) is 32.0 Å². The minimum absolute atomic E-state index is 0.0936. The zero-order valence-corrected chi connectivity index (χ0v) is 9.92. The normalized spacial score (nSPS) is 18.5. The lowest BCUT2D eigenvalue weighted by Gasteiger charge is -2.24. The first kappa shape index (κ1) is 10.5. The van der Waals surface area contributed by atoms with E-state index in [4.69, 9.17) is 10.5 Å². The summed E-state index contributed by atoms with van der Waals surface area (Å²) in [5.41, 5.74) is 8.08. The summed E-state index contributed by atoms with van der Waals surface area (Å²) >= 11 is 0. The molecule has 0 radical (unpaired) electrons. The molecule has 2 N–H and O–H groups in total. The fourth-order valence-electron chi connectivity index (χ4n) is 2.12. The molecule has 15 heavy (non-hydrogen) atoms. The Kier molecular flexibility index (Phi) is 2.09. The fraction of sp³-hybridized carbons (Fsp3) is 0.538. The molecule has 0 amide bonds. The van der Waals surface area contributed by atoms with Gasteiger partial charge in [-0.1, -0.05) is 18.2 Å². The number of ether oxygens (including phenoxy) is 1. The highest BCUT2D eigenvalue weighted by Crippen LogP contribution is 2.40. The van der Waals surface area contributed by atoms with Crippen LogP contribution in [0, 0.1) is 0 Å². The Bertz CT molecular complexity index is 388. The number of nitrogens with two attached hydrogens (primary N) is 1. The molecule has 0 saturated heterocycles. The smallest absolute Gasteiger partial charge is 0.128 e. The van der Waals surface area contributed by atoms with E-state index in [-0.39, 0.29) is 11.1 Å². The van der Waals surface area contributed by atoms with Crippen molar-refractivity contribution < 1.29 is 4.74 Å². The SMILES string of the molecule is CC1(C)Cc2cccc(C(C)(C)N)c2O1. The van der Waals surface area contributed by atoms with E-state index in [1.807, 2.05) is 13.8 Å². The van der Waals surface area contributed by atoms with Gasteiger partial charge < -0.3 is 10.5 Å². The van der Waals surface area contributed by atoms with Crippen LogP contribution in [0.15, 0.2) is 18.2 Å². The van der Waals surface area contributed by atoms with Gasteiger partial charge in [-0.05, 0) is 33.3 Å². The molecule has 82 valence electrons. The van der Waals surface area contributed by atoms with E-state index in [9.17, 15) is 0 Å². The summed E-state index contributed by atoms with van der Waals surface area (Å²) in [6.45, 7) is 8.25. The highest BCUT2D eigenvalue weighted by atomic mass is 16.5. The molecule has 1 aliphatic heterocycles. The van der Waals surface area contributed by atoms with Gasteiger partial charge >= 0.3 is 0 Å². The second-order valence-corrected chi connectivity index (χ2v) is 5.55. The highest BCUT2D eigenvalue weighted by Gasteiger charge is 2.34. The Balaban J connectivity index is 2.51. The summed E-state index contributed by atoms with van der Waals surface area (Å²) in [5, 5.41) is 0. The molecule has 1 aliphatic rings. The van der Waals surface area contributed by atoms with Crippen molar-refractivity contribution in [1.29, 1.82) is 0 Å². The van der Waals surface area contributed by atoms with Gasteiger partial charge in [0.1, 0.15) is 11.4 Å². The van der Waals surface area contributed by atoms with Crippen molar-refractivity contribution in [3.05, 3.63) is 29.3 Å². The van der Waals surface area contributed by atoms with Crippen LogP contribution in [-0.2, 0) is 12.0 Å². The molecule has 1 aromatic rings. The van der Waals surface area contributed by atoms with Gasteiger partial charge in [0.15, 0.2) is 0 Å². The number of rotatable bonds is 1. The number of para-hydroxylation sites is 1. The van der Waals surface area contributed by atoms with Crippen LogP contribution in [0.25, 0.3) is 0 Å². The summed E-state index contributed by atoms with van der Waals surface area (Å²) in [5.74, 6) is 0.995. The van der Waals surface area contributed by atoms with Gasteiger partial charge in [0.2, 0.25) is 0 Å². The molecule has 2 nitrogen and oxygen atoms in total. The summed E-state index contributed by atoms with van der Waals surface area (Å²) < 4.78 is 5.97. The summed E-state index contributed by atoms with van der Waals surface area (Å²) in [4.78, 5) is 0. The highest BCUT2D eigenvalue weighted by molar-refractivity contribution is 5.48. The molecule has 0 unspecified atom stereocenters. The third-order valence-electron chi connectivity index (χ3n) is 2.79. The van der Waals surface area contributed by atoms with Crippen molar-refractivity contribution >= 4 is 0 Å². The molecule has 1 heterocycles. The third kappa shape index (κ3) is 1.86. The molecule has 0 aliphatic carbocycles. The fourth-order valence-corrected chi connectivity index (χ4v) is 2.12. The zero-order valence-electron chi connectivity index (χ0n) is 9.92. The second kappa shape index (κ2) is 2.99. The Morgan fingerprint density at radius 3 is 2.60 bits per heavy atom. The van der Waals surface area contributed by atoms with Crippen molar-refractivity contribution in [2.75, 3.05) is 0 Å². The topological polar surface area (TPSA) is 35.2 Å². The maximum atomic E-state index is 6.14. The molecule has 0 bridgehead atoms. The van der Waals surface area contributed by atoms with E-state index < -0.39 is 0 Å². The first-order chi connectivity index (χ1) is 6.80. The van der Waals surface area contributed by atoms with Crippen LogP contribution in [0.3, 0.4) is 0 Å².